The van der Waals surface area contributed by atoms with Gasteiger partial charge in [0.2, 0.25) is 5.91 Å². The number of amides is 1. The van der Waals surface area contributed by atoms with E-state index < -0.39 is 38.6 Å². The molecule has 6 N–H and O–H groups in total. The van der Waals surface area contributed by atoms with E-state index in [0.717, 1.165) is 44.9 Å². The molecule has 4 unspecified atom stereocenters. The van der Waals surface area contributed by atoms with Gasteiger partial charge in [-0.05, 0) is 57.8 Å². The molecule has 0 bridgehead atoms. The number of phosphoric ester groups is 1. The number of hydrogen-bond donors (Lipinski definition) is 5. The highest BCUT2D eigenvalue weighted by Gasteiger charge is 2.27. The lowest BCUT2D eigenvalue weighted by molar-refractivity contribution is -0.124. The highest BCUT2D eigenvalue weighted by molar-refractivity contribution is 7.47. The van der Waals surface area contributed by atoms with Gasteiger partial charge in [0.15, 0.2) is 0 Å². The Morgan fingerprint density at radius 1 is 0.567 bits per heavy atom. The number of carbonyl (C=O) groups excluding carboxylic acids is 1. The van der Waals surface area contributed by atoms with Crippen LogP contribution in [0, 0.1) is 0 Å². The average molecular weight is 869 g/mol. The molecule has 4 atom stereocenters. The van der Waals surface area contributed by atoms with Crippen molar-refractivity contribution in [3.05, 3.63) is 36.5 Å². The van der Waals surface area contributed by atoms with Crippen molar-refractivity contribution < 1.29 is 33.5 Å². The number of carbonyl (C=O) groups is 1. The van der Waals surface area contributed by atoms with Crippen molar-refractivity contribution in [2.75, 3.05) is 19.8 Å². The molecule has 0 aromatic carbocycles. The molecule has 10 heteroatoms. The zero-order valence-electron chi connectivity index (χ0n) is 39.1. The lowest BCUT2D eigenvalue weighted by atomic mass is 10.0. The van der Waals surface area contributed by atoms with Crippen LogP contribution in [0.25, 0.3) is 0 Å². The molecule has 0 aromatic heterocycles. The standard InChI is InChI=1S/C50H97N2O7P/c1-3-5-7-9-11-13-15-17-19-21-23-25-27-29-31-33-35-37-39-41-47(53)45-50(55)52-48(46-59-60(56,57)58-44-43-51)49(54)42-40-38-36-34-32-30-28-26-24-22-20-18-16-14-12-10-8-6-4-2/h25,27,32,34,40,42,47-49,53-54H,3-24,26,28-31,33,35-39,41,43-46,51H2,1-2H3,(H,52,55)(H,56,57)/b27-25-,34-32+,42-40+. The molecule has 0 aromatic rings. The topological polar surface area (TPSA) is 151 Å². The second-order valence-corrected chi connectivity index (χ2v) is 18.7. The summed E-state index contributed by atoms with van der Waals surface area (Å²) in [4.78, 5) is 22.8. The van der Waals surface area contributed by atoms with Crippen LogP contribution in [0.1, 0.15) is 239 Å². The fourth-order valence-electron chi connectivity index (χ4n) is 7.42. The summed E-state index contributed by atoms with van der Waals surface area (Å²) >= 11 is 0. The highest BCUT2D eigenvalue weighted by atomic mass is 31.2. The predicted molar refractivity (Wildman–Crippen MR) is 255 cm³/mol. The lowest BCUT2D eigenvalue weighted by Gasteiger charge is -2.24. The molecule has 0 aliphatic carbocycles. The SMILES string of the molecule is CCCCCCCCCCCC/C=C\CCCCCCCC(O)CC(=O)NC(COP(=O)(O)OCCN)C(O)/C=C/CC/C=C/CCCCCCCCCCCCCCC. The zero-order valence-corrected chi connectivity index (χ0v) is 40.0. The minimum atomic E-state index is -4.41. The summed E-state index contributed by atoms with van der Waals surface area (Å²) in [5, 5.41) is 24.1. The fraction of sp³-hybridized carbons (Fsp3) is 0.860. The molecule has 1 amide bonds. The Labute approximate surface area is 370 Å². The first-order valence-corrected chi connectivity index (χ1v) is 26.7. The molecule has 9 nitrogen and oxygen atoms in total. The molecule has 0 heterocycles. The molecule has 0 radical (unpaired) electrons. The normalized spacial score (nSPS) is 14.7. The van der Waals surface area contributed by atoms with Crippen LogP contribution in [0.5, 0.6) is 0 Å². The summed E-state index contributed by atoms with van der Waals surface area (Å²) in [6, 6.07) is -1.00. The third kappa shape index (κ3) is 43.3. The van der Waals surface area contributed by atoms with Gasteiger partial charge in [-0.25, -0.2) is 4.57 Å². The summed E-state index contributed by atoms with van der Waals surface area (Å²) in [7, 11) is -4.41. The highest BCUT2D eigenvalue weighted by Crippen LogP contribution is 2.43. The molecular weight excluding hydrogens is 772 g/mol. The van der Waals surface area contributed by atoms with Crippen LogP contribution in [-0.4, -0.2) is 59.0 Å². The Bertz CT molecular complexity index is 1060. The Kier molecular flexibility index (Phi) is 44.7. The molecule has 0 aliphatic rings. The predicted octanol–water partition coefficient (Wildman–Crippen LogP) is 13.6. The van der Waals surface area contributed by atoms with Crippen LogP contribution in [0.4, 0.5) is 0 Å². The van der Waals surface area contributed by atoms with Gasteiger partial charge >= 0.3 is 7.82 Å². The summed E-state index contributed by atoms with van der Waals surface area (Å²) in [6.07, 6.45) is 52.4. The number of nitrogens with two attached hydrogens (primary N) is 1. The Morgan fingerprint density at radius 3 is 1.38 bits per heavy atom. The monoisotopic (exact) mass is 869 g/mol. The van der Waals surface area contributed by atoms with Crippen LogP contribution >= 0.6 is 7.82 Å². The van der Waals surface area contributed by atoms with Gasteiger partial charge in [-0.2, -0.15) is 0 Å². The van der Waals surface area contributed by atoms with Crippen molar-refractivity contribution >= 4 is 13.7 Å². The van der Waals surface area contributed by atoms with Gasteiger partial charge in [0, 0.05) is 6.54 Å². The van der Waals surface area contributed by atoms with Gasteiger partial charge in [0.1, 0.15) is 0 Å². The summed E-state index contributed by atoms with van der Waals surface area (Å²) in [6.45, 7) is 3.97. The zero-order chi connectivity index (χ0) is 44.0. The molecular formula is C50H97N2O7P. The van der Waals surface area contributed by atoms with Crippen LogP contribution in [0.15, 0.2) is 36.5 Å². The van der Waals surface area contributed by atoms with E-state index in [0.29, 0.717) is 12.8 Å². The maximum absolute atomic E-state index is 12.9. The molecule has 0 aliphatic heterocycles. The Balaban J connectivity index is 4.27. The van der Waals surface area contributed by atoms with E-state index in [1.807, 2.05) is 6.08 Å². The molecule has 354 valence electrons. The smallest absolute Gasteiger partial charge is 0.393 e. The van der Waals surface area contributed by atoms with Crippen LogP contribution in [-0.2, 0) is 18.4 Å². The third-order valence-electron chi connectivity index (χ3n) is 11.2. The van der Waals surface area contributed by atoms with Gasteiger partial charge in [-0.3, -0.25) is 13.8 Å². The summed E-state index contributed by atoms with van der Waals surface area (Å²) in [5.74, 6) is -0.458. The number of unbranched alkanes of at least 4 members (excludes halogenated alkanes) is 29. The number of phosphoric acid groups is 1. The summed E-state index contributed by atoms with van der Waals surface area (Å²) < 4.78 is 22.1. The fourth-order valence-corrected chi connectivity index (χ4v) is 8.18. The number of nitrogens with one attached hydrogen (secondary N) is 1. The van der Waals surface area contributed by atoms with Crippen molar-refractivity contribution in [2.24, 2.45) is 5.73 Å². The van der Waals surface area contributed by atoms with Crippen molar-refractivity contribution in [2.45, 2.75) is 257 Å². The van der Waals surface area contributed by atoms with Crippen molar-refractivity contribution in [1.29, 1.82) is 0 Å². The molecule has 0 rings (SSSR count). The molecule has 0 spiro atoms. The van der Waals surface area contributed by atoms with E-state index in [1.165, 1.54) is 161 Å². The first-order valence-electron chi connectivity index (χ1n) is 25.2. The average Bonchev–Trinajstić information content (AvgIpc) is 3.23. The van der Waals surface area contributed by atoms with E-state index in [4.69, 9.17) is 14.8 Å². The van der Waals surface area contributed by atoms with Gasteiger partial charge in [-0.1, -0.05) is 211 Å². The number of allylic oxidation sites excluding steroid dienone is 5. The van der Waals surface area contributed by atoms with Crippen LogP contribution in [0.2, 0.25) is 0 Å². The number of aliphatic hydroxyl groups excluding tert-OH is 2. The van der Waals surface area contributed by atoms with E-state index in [1.54, 1.807) is 6.08 Å². The Morgan fingerprint density at radius 2 is 0.950 bits per heavy atom. The van der Waals surface area contributed by atoms with Gasteiger partial charge in [0.05, 0.1) is 37.9 Å². The van der Waals surface area contributed by atoms with Crippen LogP contribution in [0.3, 0.4) is 0 Å². The number of hydrogen-bond acceptors (Lipinski definition) is 7. The molecule has 0 fully saturated rings. The maximum atomic E-state index is 12.9. The van der Waals surface area contributed by atoms with Crippen molar-refractivity contribution in [3.63, 3.8) is 0 Å². The summed E-state index contributed by atoms with van der Waals surface area (Å²) in [5.41, 5.74) is 5.38. The molecule has 60 heavy (non-hydrogen) atoms. The van der Waals surface area contributed by atoms with E-state index in [2.05, 4.69) is 43.5 Å². The lowest BCUT2D eigenvalue weighted by Crippen LogP contribution is -2.46. The minimum absolute atomic E-state index is 0.0437. The molecule has 0 saturated carbocycles. The quantitative estimate of drug-likeness (QED) is 0.0230. The second kappa shape index (κ2) is 45.7. The van der Waals surface area contributed by atoms with Crippen molar-refractivity contribution in [1.82, 2.24) is 5.32 Å². The maximum Gasteiger partial charge on any atom is 0.472 e. The first-order chi connectivity index (χ1) is 29.3. The van der Waals surface area contributed by atoms with Gasteiger partial charge in [0.25, 0.3) is 0 Å². The van der Waals surface area contributed by atoms with Crippen molar-refractivity contribution in [3.8, 4) is 0 Å². The molecule has 0 saturated heterocycles. The second-order valence-electron chi connectivity index (χ2n) is 17.2. The Hall–Kier alpha value is -1.32. The first kappa shape index (κ1) is 58.7. The third-order valence-corrected chi connectivity index (χ3v) is 12.2. The van der Waals surface area contributed by atoms with Gasteiger partial charge < -0.3 is 26.2 Å². The van der Waals surface area contributed by atoms with E-state index in [-0.39, 0.29) is 19.6 Å². The number of aliphatic hydroxyl groups is 2. The number of rotatable bonds is 47. The van der Waals surface area contributed by atoms with Crippen LogP contribution < -0.4 is 11.1 Å². The van der Waals surface area contributed by atoms with Gasteiger partial charge in [-0.15, -0.1) is 0 Å². The van der Waals surface area contributed by atoms with E-state index >= 15 is 0 Å². The minimum Gasteiger partial charge on any atom is -0.393 e. The van der Waals surface area contributed by atoms with E-state index in [9.17, 15) is 24.5 Å². The largest absolute Gasteiger partial charge is 0.472 e.